The lowest BCUT2D eigenvalue weighted by molar-refractivity contribution is -0.147. The molecule has 0 bridgehead atoms. The molecule has 7 nitrogen and oxygen atoms in total. The number of fused-ring (bicyclic) bond motifs is 1. The largest absolute Gasteiger partial charge is 0.469 e. The first-order valence-electron chi connectivity index (χ1n) is 8.37. The van der Waals surface area contributed by atoms with E-state index in [1.807, 2.05) is 26.0 Å². The molecule has 0 saturated carbocycles. The molecule has 26 heavy (non-hydrogen) atoms. The van der Waals surface area contributed by atoms with Gasteiger partial charge < -0.3 is 19.2 Å². The second-order valence-corrected chi connectivity index (χ2v) is 6.01. The first kappa shape index (κ1) is 19.5. The molecular weight excluding hydrogens is 338 g/mol. The van der Waals surface area contributed by atoms with Crippen LogP contribution in [0.4, 0.5) is 0 Å². The molecule has 0 spiro atoms. The van der Waals surface area contributed by atoms with Crippen molar-refractivity contribution >= 4 is 28.8 Å². The lowest BCUT2D eigenvalue weighted by Crippen LogP contribution is -2.30. The van der Waals surface area contributed by atoms with E-state index in [1.54, 1.807) is 6.26 Å². The summed E-state index contributed by atoms with van der Waals surface area (Å²) in [7, 11) is 1.31. The monoisotopic (exact) mass is 361 g/mol. The molecule has 140 valence electrons. The van der Waals surface area contributed by atoms with Crippen LogP contribution in [0, 0.1) is 13.8 Å². The molecule has 2 rings (SSSR count). The van der Waals surface area contributed by atoms with Gasteiger partial charge in [-0.15, -0.1) is 0 Å². The van der Waals surface area contributed by atoms with Gasteiger partial charge in [0.05, 0.1) is 19.8 Å². The fraction of sp³-hybridized carbons (Fsp3) is 0.421. The van der Waals surface area contributed by atoms with Crippen LogP contribution in [0.25, 0.3) is 11.0 Å². The van der Waals surface area contributed by atoms with E-state index in [0.29, 0.717) is 13.0 Å². The van der Waals surface area contributed by atoms with Crippen LogP contribution in [0.3, 0.4) is 0 Å². The molecular formula is C19H23NO6. The van der Waals surface area contributed by atoms with Crippen molar-refractivity contribution in [3.63, 3.8) is 0 Å². The highest BCUT2D eigenvalue weighted by Gasteiger charge is 2.14. The van der Waals surface area contributed by atoms with Gasteiger partial charge in [0.1, 0.15) is 5.58 Å². The molecule has 0 saturated heterocycles. The number of ether oxygens (including phenoxy) is 2. The molecule has 0 fully saturated rings. The van der Waals surface area contributed by atoms with Crippen molar-refractivity contribution in [3.8, 4) is 0 Å². The summed E-state index contributed by atoms with van der Waals surface area (Å²) >= 11 is 0. The van der Waals surface area contributed by atoms with Crippen LogP contribution < -0.4 is 5.32 Å². The van der Waals surface area contributed by atoms with E-state index in [2.05, 4.69) is 10.1 Å². The fourth-order valence-electron chi connectivity index (χ4n) is 2.49. The number of nitrogens with one attached hydrogen (secondary N) is 1. The maximum atomic E-state index is 12.0. The maximum absolute atomic E-state index is 12.0. The molecule has 7 heteroatoms. The first-order chi connectivity index (χ1) is 12.4. The summed E-state index contributed by atoms with van der Waals surface area (Å²) in [6.07, 6.45) is 2.27. The Labute approximate surface area is 151 Å². The van der Waals surface area contributed by atoms with Gasteiger partial charge in [-0.1, -0.05) is 12.1 Å². The zero-order chi connectivity index (χ0) is 19.1. The van der Waals surface area contributed by atoms with E-state index >= 15 is 0 Å². The minimum atomic E-state index is -0.504. The average molecular weight is 361 g/mol. The van der Waals surface area contributed by atoms with Crippen LogP contribution in [-0.4, -0.2) is 38.1 Å². The number of hydrogen-bond donors (Lipinski definition) is 1. The summed E-state index contributed by atoms with van der Waals surface area (Å²) in [5.74, 6) is -1.24. The molecule has 0 aliphatic heterocycles. The Bertz CT molecular complexity index is 808. The summed E-state index contributed by atoms with van der Waals surface area (Å²) in [5, 5.41) is 3.45. The number of hydrogen-bond acceptors (Lipinski definition) is 6. The molecule has 1 N–H and O–H groups in total. The smallest absolute Gasteiger partial charge is 0.310 e. The van der Waals surface area contributed by atoms with Gasteiger partial charge in [0.2, 0.25) is 0 Å². The van der Waals surface area contributed by atoms with Gasteiger partial charge in [0.25, 0.3) is 5.91 Å². The highest BCUT2D eigenvalue weighted by molar-refractivity contribution is 5.89. The third-order valence-corrected chi connectivity index (χ3v) is 4.15. The van der Waals surface area contributed by atoms with Gasteiger partial charge in [0, 0.05) is 23.9 Å². The summed E-state index contributed by atoms with van der Waals surface area (Å²) in [4.78, 5) is 34.5. The SMILES string of the molecule is COC(=O)CCCNC(=O)COC(=O)Cc1coc2c(C)c(C)ccc12. The Morgan fingerprint density at radius 1 is 1.15 bits per heavy atom. The highest BCUT2D eigenvalue weighted by atomic mass is 16.5. The predicted octanol–water partition coefficient (Wildman–Crippen LogP) is 2.20. The molecule has 0 unspecified atom stereocenters. The van der Waals surface area contributed by atoms with E-state index in [1.165, 1.54) is 7.11 Å². The topological polar surface area (TPSA) is 94.8 Å². The zero-order valence-corrected chi connectivity index (χ0v) is 15.2. The van der Waals surface area contributed by atoms with Crippen LogP contribution in [0.15, 0.2) is 22.8 Å². The second kappa shape index (κ2) is 9.03. The molecule has 0 atom stereocenters. The van der Waals surface area contributed by atoms with Crippen molar-refractivity contribution in [1.82, 2.24) is 5.32 Å². The van der Waals surface area contributed by atoms with Gasteiger partial charge in [-0.2, -0.15) is 0 Å². The standard InChI is InChI=1S/C19H23NO6/c1-12-6-7-15-14(10-26-19(15)13(12)2)9-18(23)25-11-16(21)20-8-4-5-17(22)24-3/h6-7,10H,4-5,8-9,11H2,1-3H3,(H,20,21). The molecule has 0 aliphatic carbocycles. The fourth-order valence-corrected chi connectivity index (χ4v) is 2.49. The van der Waals surface area contributed by atoms with Crippen molar-refractivity contribution < 1.29 is 28.3 Å². The van der Waals surface area contributed by atoms with Gasteiger partial charge in [-0.25, -0.2) is 0 Å². The minimum Gasteiger partial charge on any atom is -0.469 e. The Hall–Kier alpha value is -2.83. The molecule has 0 aliphatic rings. The van der Waals surface area contributed by atoms with E-state index in [4.69, 9.17) is 9.15 Å². The summed E-state index contributed by atoms with van der Waals surface area (Å²) in [6, 6.07) is 3.89. The number of carbonyl (C=O) groups is 3. The van der Waals surface area contributed by atoms with Crippen LogP contribution in [0.1, 0.15) is 29.5 Å². The second-order valence-electron chi connectivity index (χ2n) is 6.01. The summed E-state index contributed by atoms with van der Waals surface area (Å²) in [5.41, 5.74) is 3.64. The number of amides is 1. The maximum Gasteiger partial charge on any atom is 0.310 e. The quantitative estimate of drug-likeness (QED) is 0.572. The molecule has 1 amide bonds. The normalized spacial score (nSPS) is 10.6. The van der Waals surface area contributed by atoms with Crippen molar-refractivity contribution in [2.45, 2.75) is 33.1 Å². The van der Waals surface area contributed by atoms with Gasteiger partial charge in [0.15, 0.2) is 6.61 Å². The van der Waals surface area contributed by atoms with Crippen molar-refractivity contribution in [3.05, 3.63) is 35.1 Å². The van der Waals surface area contributed by atoms with Crippen molar-refractivity contribution in [2.24, 2.45) is 0 Å². The van der Waals surface area contributed by atoms with E-state index in [9.17, 15) is 14.4 Å². The lowest BCUT2D eigenvalue weighted by atomic mass is 10.0. The van der Waals surface area contributed by atoms with Crippen LogP contribution in [0.2, 0.25) is 0 Å². The lowest BCUT2D eigenvalue weighted by Gasteiger charge is -2.06. The van der Waals surface area contributed by atoms with Crippen LogP contribution >= 0.6 is 0 Å². The van der Waals surface area contributed by atoms with E-state index in [-0.39, 0.29) is 25.4 Å². The van der Waals surface area contributed by atoms with Crippen LogP contribution in [-0.2, 0) is 30.3 Å². The average Bonchev–Trinajstić information content (AvgIpc) is 3.03. The number of furan rings is 1. The third kappa shape index (κ3) is 5.08. The number of rotatable bonds is 8. The Balaban J connectivity index is 1.78. The first-order valence-corrected chi connectivity index (χ1v) is 8.37. The number of esters is 2. The van der Waals surface area contributed by atoms with E-state index < -0.39 is 11.9 Å². The predicted molar refractivity (Wildman–Crippen MR) is 94.6 cm³/mol. The van der Waals surface area contributed by atoms with Crippen LogP contribution in [0.5, 0.6) is 0 Å². The Kier molecular flexibility index (Phi) is 6.77. The summed E-state index contributed by atoms with van der Waals surface area (Å²) in [6.45, 7) is 3.92. The molecule has 1 heterocycles. The van der Waals surface area contributed by atoms with Gasteiger partial charge in [-0.05, 0) is 31.4 Å². The van der Waals surface area contributed by atoms with Crippen molar-refractivity contribution in [1.29, 1.82) is 0 Å². The number of methoxy groups -OCH3 is 1. The molecule has 0 radical (unpaired) electrons. The molecule has 2 aromatic rings. The summed E-state index contributed by atoms with van der Waals surface area (Å²) < 4.78 is 15.1. The van der Waals surface area contributed by atoms with Crippen molar-refractivity contribution in [2.75, 3.05) is 20.3 Å². The number of aryl methyl sites for hydroxylation is 2. The van der Waals surface area contributed by atoms with Gasteiger partial charge in [-0.3, -0.25) is 14.4 Å². The zero-order valence-electron chi connectivity index (χ0n) is 15.2. The Morgan fingerprint density at radius 2 is 1.92 bits per heavy atom. The Morgan fingerprint density at radius 3 is 2.65 bits per heavy atom. The molecule has 1 aromatic carbocycles. The number of benzene rings is 1. The minimum absolute atomic E-state index is 0.0329. The number of carbonyl (C=O) groups excluding carboxylic acids is 3. The third-order valence-electron chi connectivity index (χ3n) is 4.15. The highest BCUT2D eigenvalue weighted by Crippen LogP contribution is 2.26. The van der Waals surface area contributed by atoms with Gasteiger partial charge >= 0.3 is 11.9 Å². The molecule has 1 aromatic heterocycles. The van der Waals surface area contributed by atoms with E-state index in [0.717, 1.165) is 27.7 Å².